The smallest absolute Gasteiger partial charge is 0.427 e. The lowest BCUT2D eigenvalue weighted by molar-refractivity contribution is 0.0427. The van der Waals surface area contributed by atoms with E-state index >= 15 is 0 Å². The van der Waals surface area contributed by atoms with Crippen molar-refractivity contribution < 1.29 is 19.1 Å². The van der Waals surface area contributed by atoms with Crippen molar-refractivity contribution in [2.75, 3.05) is 4.90 Å². The number of hydrogen-bond donors (Lipinski definition) is 0. The van der Waals surface area contributed by atoms with Crippen LogP contribution >= 0.6 is 0 Å². The van der Waals surface area contributed by atoms with Gasteiger partial charge in [-0.05, 0) is 82.0 Å². The highest BCUT2D eigenvalue weighted by molar-refractivity contribution is 6.08. The van der Waals surface area contributed by atoms with E-state index in [1.807, 2.05) is 65.6 Å². The van der Waals surface area contributed by atoms with Gasteiger partial charge in [-0.1, -0.05) is 48.5 Å². The highest BCUT2D eigenvalue weighted by Crippen LogP contribution is 2.28. The van der Waals surface area contributed by atoms with Gasteiger partial charge in [0.15, 0.2) is 5.65 Å². The lowest BCUT2D eigenvalue weighted by Gasteiger charge is -2.26. The average molecular weight is 567 g/mol. The van der Waals surface area contributed by atoms with E-state index in [1.54, 1.807) is 47.7 Å². The maximum absolute atomic E-state index is 13.0. The van der Waals surface area contributed by atoms with Gasteiger partial charge in [-0.25, -0.2) is 14.1 Å². The Balaban J connectivity index is 1.43. The summed E-state index contributed by atoms with van der Waals surface area (Å²) in [4.78, 5) is 31.3. The highest BCUT2D eigenvalue weighted by Gasteiger charge is 2.35. The van der Waals surface area contributed by atoms with Crippen LogP contribution in [0.3, 0.4) is 0 Å². The lowest BCUT2D eigenvalue weighted by atomic mass is 10.0. The van der Waals surface area contributed by atoms with Crippen LogP contribution in [-0.2, 0) is 16.0 Å². The zero-order valence-electron chi connectivity index (χ0n) is 24.6. The molecule has 0 saturated carbocycles. The molecule has 216 valence electrons. The lowest BCUT2D eigenvalue weighted by Crippen LogP contribution is -2.44. The summed E-state index contributed by atoms with van der Waals surface area (Å²) in [5.74, 6) is -0.143. The molecule has 0 unspecified atom stereocenters. The number of benzene rings is 2. The molecule has 10 nitrogen and oxygen atoms in total. The Hall–Kier alpha value is -4.99. The molecule has 0 radical (unpaired) electrons. The van der Waals surface area contributed by atoms with Crippen molar-refractivity contribution >= 4 is 23.8 Å². The number of imide groups is 1. The number of amides is 2. The fourth-order valence-corrected chi connectivity index (χ4v) is 4.25. The quantitative estimate of drug-likeness (QED) is 0.226. The van der Waals surface area contributed by atoms with E-state index in [0.29, 0.717) is 12.2 Å². The normalized spacial score (nSPS) is 11.9. The molecule has 0 spiro atoms. The Kier molecular flexibility index (Phi) is 7.55. The van der Waals surface area contributed by atoms with Crippen molar-refractivity contribution in [3.8, 4) is 22.3 Å². The maximum atomic E-state index is 13.0. The first-order valence-electron chi connectivity index (χ1n) is 13.6. The number of ether oxygens (including phenoxy) is 2. The molecular weight excluding hydrogens is 532 g/mol. The Morgan fingerprint density at radius 3 is 2.05 bits per heavy atom. The molecule has 0 aliphatic heterocycles. The third kappa shape index (κ3) is 6.83. The van der Waals surface area contributed by atoms with Crippen LogP contribution in [0, 0.1) is 0 Å². The van der Waals surface area contributed by atoms with E-state index in [4.69, 9.17) is 9.47 Å². The molecule has 10 heteroatoms. The molecule has 0 saturated heterocycles. The van der Waals surface area contributed by atoms with E-state index in [-0.39, 0.29) is 5.95 Å². The summed E-state index contributed by atoms with van der Waals surface area (Å²) in [6.45, 7) is 11.0. The number of nitrogens with zero attached hydrogens (tertiary/aromatic N) is 6. The Bertz CT molecular complexity index is 1700. The van der Waals surface area contributed by atoms with Crippen molar-refractivity contribution in [3.63, 3.8) is 0 Å². The zero-order chi connectivity index (χ0) is 30.1. The SMILES string of the molecule is CC(C)(C)OC(=O)N(C(=O)OC(C)(C)C)c1nc2cc(-c3cccc(-c4cnn(Cc5ccccc5)c4)c3)ccn2n1. The van der Waals surface area contributed by atoms with Crippen LogP contribution in [-0.4, -0.2) is 47.8 Å². The van der Waals surface area contributed by atoms with Crippen LogP contribution in [0.1, 0.15) is 47.1 Å². The number of rotatable bonds is 5. The highest BCUT2D eigenvalue weighted by atomic mass is 16.6. The van der Waals surface area contributed by atoms with Crippen LogP contribution in [0.2, 0.25) is 0 Å². The minimum Gasteiger partial charge on any atom is -0.443 e. The molecular formula is C32H34N6O4. The summed E-state index contributed by atoms with van der Waals surface area (Å²) < 4.78 is 14.3. The molecule has 42 heavy (non-hydrogen) atoms. The van der Waals surface area contributed by atoms with Gasteiger partial charge in [0.2, 0.25) is 0 Å². The number of pyridine rings is 1. The fourth-order valence-electron chi connectivity index (χ4n) is 4.25. The van der Waals surface area contributed by atoms with Gasteiger partial charge in [0.1, 0.15) is 11.2 Å². The van der Waals surface area contributed by atoms with Crippen LogP contribution < -0.4 is 4.90 Å². The van der Waals surface area contributed by atoms with Crippen LogP contribution in [0.4, 0.5) is 15.5 Å². The maximum Gasteiger partial charge on any atom is 0.427 e. The molecule has 0 bridgehead atoms. The average Bonchev–Trinajstić information content (AvgIpc) is 3.54. The summed E-state index contributed by atoms with van der Waals surface area (Å²) in [6.07, 6.45) is 3.77. The van der Waals surface area contributed by atoms with Crippen LogP contribution in [0.15, 0.2) is 85.3 Å². The van der Waals surface area contributed by atoms with E-state index in [9.17, 15) is 9.59 Å². The predicted molar refractivity (Wildman–Crippen MR) is 160 cm³/mol. The van der Waals surface area contributed by atoms with E-state index in [2.05, 4.69) is 33.4 Å². The van der Waals surface area contributed by atoms with Gasteiger partial charge < -0.3 is 9.47 Å². The first kappa shape index (κ1) is 28.5. The number of anilines is 1. The number of aromatic nitrogens is 5. The summed E-state index contributed by atoms with van der Waals surface area (Å²) in [5, 5.41) is 8.91. The van der Waals surface area contributed by atoms with E-state index in [0.717, 1.165) is 27.2 Å². The molecule has 0 N–H and O–H groups in total. The van der Waals surface area contributed by atoms with Gasteiger partial charge in [-0.3, -0.25) is 4.68 Å². The monoisotopic (exact) mass is 566 g/mol. The number of hydrogen-bond acceptors (Lipinski definition) is 7. The standard InChI is InChI=1S/C32H34N6O4/c1-31(2,3)41-29(39)38(30(40)42-32(4,5)6)28-34-27-18-25(15-16-37(27)35-28)23-13-10-14-24(17-23)26-19-33-36(21-26)20-22-11-8-7-9-12-22/h7-19,21H,20H2,1-6H3. The van der Waals surface area contributed by atoms with Crippen LogP contribution in [0.5, 0.6) is 0 Å². The van der Waals surface area contributed by atoms with E-state index in [1.165, 1.54) is 10.1 Å². The van der Waals surface area contributed by atoms with Crippen molar-refractivity contribution in [1.82, 2.24) is 24.4 Å². The molecule has 5 rings (SSSR count). The molecule has 0 fully saturated rings. The Morgan fingerprint density at radius 1 is 0.786 bits per heavy atom. The first-order valence-corrected chi connectivity index (χ1v) is 13.6. The topological polar surface area (TPSA) is 104 Å². The van der Waals surface area contributed by atoms with Gasteiger partial charge >= 0.3 is 12.2 Å². The zero-order valence-corrected chi connectivity index (χ0v) is 24.6. The second kappa shape index (κ2) is 11.1. The van der Waals surface area contributed by atoms with Gasteiger partial charge in [0.05, 0.1) is 12.7 Å². The fraction of sp³-hybridized carbons (Fsp3) is 0.281. The Labute approximate surface area is 244 Å². The molecule has 0 aliphatic carbocycles. The molecule has 2 aromatic carbocycles. The summed E-state index contributed by atoms with van der Waals surface area (Å²) >= 11 is 0. The predicted octanol–water partition coefficient (Wildman–Crippen LogP) is 6.98. The number of fused-ring (bicyclic) bond motifs is 1. The largest absolute Gasteiger partial charge is 0.443 e. The van der Waals surface area contributed by atoms with Gasteiger partial charge in [-0.15, -0.1) is 10.00 Å². The Morgan fingerprint density at radius 2 is 1.40 bits per heavy atom. The molecule has 5 aromatic rings. The van der Waals surface area contributed by atoms with E-state index < -0.39 is 23.4 Å². The summed E-state index contributed by atoms with van der Waals surface area (Å²) in [5.41, 5.74) is 3.82. The number of carbonyl (C=O) groups is 2. The summed E-state index contributed by atoms with van der Waals surface area (Å²) in [6, 6.07) is 22.1. The van der Waals surface area contributed by atoms with Crippen LogP contribution in [0.25, 0.3) is 27.9 Å². The molecule has 3 aromatic heterocycles. The number of carbonyl (C=O) groups excluding carboxylic acids is 2. The molecule has 0 aliphatic rings. The minimum atomic E-state index is -0.923. The molecule has 3 heterocycles. The second-order valence-electron chi connectivity index (χ2n) is 11.9. The summed E-state index contributed by atoms with van der Waals surface area (Å²) in [7, 11) is 0. The van der Waals surface area contributed by atoms with Crippen molar-refractivity contribution in [2.45, 2.75) is 59.3 Å². The van der Waals surface area contributed by atoms with Gasteiger partial charge in [0, 0.05) is 18.0 Å². The molecule has 2 amide bonds. The molecule has 0 atom stereocenters. The van der Waals surface area contributed by atoms with Crippen molar-refractivity contribution in [3.05, 3.63) is 90.9 Å². The third-order valence-corrected chi connectivity index (χ3v) is 6.03. The first-order chi connectivity index (χ1) is 19.8. The van der Waals surface area contributed by atoms with Crippen molar-refractivity contribution in [2.24, 2.45) is 0 Å². The third-order valence-electron chi connectivity index (χ3n) is 6.03. The second-order valence-corrected chi connectivity index (χ2v) is 11.9. The van der Waals surface area contributed by atoms with Gasteiger partial charge in [-0.2, -0.15) is 10.1 Å². The minimum absolute atomic E-state index is 0.143. The van der Waals surface area contributed by atoms with Gasteiger partial charge in [0.25, 0.3) is 5.95 Å². The van der Waals surface area contributed by atoms with Crippen molar-refractivity contribution in [1.29, 1.82) is 0 Å².